The molecule has 0 aliphatic rings. The first kappa shape index (κ1) is 22.6. The van der Waals surface area contributed by atoms with Crippen LogP contribution in [-0.4, -0.2) is 28.9 Å². The number of aromatic nitrogens is 1. The molecule has 1 atom stereocenters. The molecule has 5 heteroatoms. The summed E-state index contributed by atoms with van der Waals surface area (Å²) in [6, 6.07) is 19.9. The first-order valence-corrected chi connectivity index (χ1v) is 10.7. The van der Waals surface area contributed by atoms with Gasteiger partial charge in [-0.3, -0.25) is 0 Å². The smallest absolute Gasteiger partial charge is 0.340 e. The van der Waals surface area contributed by atoms with E-state index < -0.39 is 11.6 Å². The van der Waals surface area contributed by atoms with Crippen molar-refractivity contribution in [2.45, 2.75) is 46.3 Å². The Morgan fingerprint density at radius 1 is 0.968 bits per heavy atom. The second-order valence-electron chi connectivity index (χ2n) is 7.94. The molecule has 1 unspecified atom stereocenters. The third kappa shape index (κ3) is 5.17. The topological polar surface area (TPSA) is 60.7 Å². The van der Waals surface area contributed by atoms with Gasteiger partial charge in [0.2, 0.25) is 0 Å². The van der Waals surface area contributed by atoms with Crippen molar-refractivity contribution in [1.29, 1.82) is 0 Å². The maximum absolute atomic E-state index is 11.8. The van der Waals surface area contributed by atoms with Crippen molar-refractivity contribution >= 4 is 5.97 Å². The van der Waals surface area contributed by atoms with Crippen LogP contribution in [-0.2, 0) is 21.7 Å². The van der Waals surface area contributed by atoms with Crippen molar-refractivity contribution in [3.63, 3.8) is 0 Å². The number of benzene rings is 2. The van der Waals surface area contributed by atoms with Crippen molar-refractivity contribution in [2.75, 3.05) is 13.2 Å². The first-order chi connectivity index (χ1) is 14.8. The predicted molar refractivity (Wildman–Crippen MR) is 123 cm³/mol. The summed E-state index contributed by atoms with van der Waals surface area (Å²) < 4.78 is 13.8. The molecule has 5 nitrogen and oxygen atoms in total. The summed E-state index contributed by atoms with van der Waals surface area (Å²) in [5.74, 6) is -0.296. The summed E-state index contributed by atoms with van der Waals surface area (Å²) in [5, 5.41) is 9.63. The van der Waals surface area contributed by atoms with Crippen molar-refractivity contribution in [3.05, 3.63) is 77.5 Å². The van der Waals surface area contributed by atoms with E-state index in [1.807, 2.05) is 6.92 Å². The fourth-order valence-corrected chi connectivity index (χ4v) is 3.54. The number of nitrogens with zero attached hydrogens (tertiary/aromatic N) is 1. The maximum atomic E-state index is 11.8. The first-order valence-electron chi connectivity index (χ1n) is 10.7. The van der Waals surface area contributed by atoms with Crippen LogP contribution in [0.1, 0.15) is 37.1 Å². The Kier molecular flexibility index (Phi) is 7.18. The Morgan fingerprint density at radius 2 is 1.65 bits per heavy atom. The van der Waals surface area contributed by atoms with Crippen LogP contribution < -0.4 is 4.74 Å². The summed E-state index contributed by atoms with van der Waals surface area (Å²) in [6.07, 6.45) is 0.757. The molecule has 0 bridgehead atoms. The summed E-state index contributed by atoms with van der Waals surface area (Å²) in [6.45, 7) is 9.34. The average molecular weight is 422 g/mol. The van der Waals surface area contributed by atoms with Gasteiger partial charge >= 0.3 is 5.97 Å². The van der Waals surface area contributed by atoms with Crippen LogP contribution in [0.2, 0.25) is 0 Å². The van der Waals surface area contributed by atoms with E-state index >= 15 is 0 Å². The van der Waals surface area contributed by atoms with Gasteiger partial charge in [-0.1, -0.05) is 48.9 Å². The van der Waals surface area contributed by atoms with Crippen molar-refractivity contribution < 1.29 is 19.4 Å². The Labute approximate surface area is 184 Å². The number of aryl methyl sites for hydroxylation is 2. The second kappa shape index (κ2) is 9.84. The van der Waals surface area contributed by atoms with Gasteiger partial charge in [-0.05, 0) is 62.6 Å². The van der Waals surface area contributed by atoms with Crippen LogP contribution >= 0.6 is 0 Å². The molecule has 31 heavy (non-hydrogen) atoms. The summed E-state index contributed by atoms with van der Waals surface area (Å²) in [7, 11) is 0. The van der Waals surface area contributed by atoms with Crippen molar-refractivity contribution in [1.82, 2.24) is 4.57 Å². The molecule has 2 aromatic carbocycles. The van der Waals surface area contributed by atoms with Gasteiger partial charge in [-0.25, -0.2) is 4.79 Å². The molecule has 3 aromatic rings. The molecule has 0 radical (unpaired) electrons. The molecule has 3 rings (SSSR count). The van der Waals surface area contributed by atoms with Crippen LogP contribution in [0, 0.1) is 13.8 Å². The fraction of sp³-hybridized carbons (Fsp3) is 0.346. The number of carbonyl (C=O) groups is 1. The predicted octanol–water partition coefficient (Wildman–Crippen LogP) is 5.58. The lowest BCUT2D eigenvalue weighted by Crippen LogP contribution is -2.35. The molecule has 0 saturated heterocycles. The highest BCUT2D eigenvalue weighted by Crippen LogP contribution is 2.28. The number of hydrogen-bond acceptors (Lipinski definition) is 3. The Balaban J connectivity index is 1.66. The number of rotatable bonds is 10. The van der Waals surface area contributed by atoms with Gasteiger partial charge in [-0.15, -0.1) is 0 Å². The number of carboxylic acids is 1. The fourth-order valence-electron chi connectivity index (χ4n) is 3.54. The molecule has 0 aliphatic carbocycles. The molecule has 164 valence electrons. The SMILES string of the molecule is CCCOC(C)(C(=O)O)c1ccc(OCCn2c(C)ccc2-c2ccc(C)cc2)cc1. The number of aliphatic carboxylic acids is 1. The van der Waals surface area contributed by atoms with Gasteiger partial charge in [0.25, 0.3) is 0 Å². The average Bonchev–Trinajstić information content (AvgIpc) is 3.13. The lowest BCUT2D eigenvalue weighted by molar-refractivity contribution is -0.165. The van der Waals surface area contributed by atoms with E-state index in [9.17, 15) is 9.90 Å². The van der Waals surface area contributed by atoms with Crippen molar-refractivity contribution in [2.24, 2.45) is 0 Å². The van der Waals surface area contributed by atoms with Crippen LogP contribution in [0.15, 0.2) is 60.7 Å². The molecule has 0 saturated carbocycles. The summed E-state index contributed by atoms with van der Waals surface area (Å²) >= 11 is 0. The van der Waals surface area contributed by atoms with E-state index in [4.69, 9.17) is 9.47 Å². The van der Waals surface area contributed by atoms with Gasteiger partial charge < -0.3 is 19.1 Å². The highest BCUT2D eigenvalue weighted by molar-refractivity contribution is 5.79. The van der Waals surface area contributed by atoms with Crippen LogP contribution in [0.25, 0.3) is 11.3 Å². The molecule has 0 fully saturated rings. The molecule has 0 amide bonds. The van der Waals surface area contributed by atoms with Crippen molar-refractivity contribution in [3.8, 4) is 17.0 Å². The molecule has 1 aromatic heterocycles. The number of ether oxygens (including phenoxy) is 2. The van der Waals surface area contributed by atoms with Gasteiger partial charge in [0.15, 0.2) is 5.60 Å². The molecular weight excluding hydrogens is 390 g/mol. The molecule has 0 aliphatic heterocycles. The maximum Gasteiger partial charge on any atom is 0.340 e. The zero-order chi connectivity index (χ0) is 22.4. The molecular formula is C26H31NO4. The van der Waals surface area contributed by atoms with Crippen LogP contribution in [0.5, 0.6) is 5.75 Å². The monoisotopic (exact) mass is 421 g/mol. The van der Waals surface area contributed by atoms with Gasteiger partial charge in [-0.2, -0.15) is 0 Å². The van der Waals surface area contributed by atoms with Gasteiger partial charge in [0.05, 0.1) is 6.54 Å². The zero-order valence-electron chi connectivity index (χ0n) is 18.7. The van der Waals surface area contributed by atoms with E-state index in [1.54, 1.807) is 31.2 Å². The second-order valence-corrected chi connectivity index (χ2v) is 7.94. The standard InChI is InChI=1S/C26H31NO4/c1-5-17-31-26(4,25(28)29)22-11-13-23(14-12-22)30-18-16-27-20(3)8-15-24(27)21-9-6-19(2)7-10-21/h6-15H,5,16-18H2,1-4H3,(H,28,29). The van der Waals surface area contributed by atoms with E-state index in [0.717, 1.165) is 13.0 Å². The quantitative estimate of drug-likeness (QED) is 0.464. The van der Waals surface area contributed by atoms with E-state index in [0.29, 0.717) is 24.5 Å². The minimum Gasteiger partial charge on any atom is -0.492 e. The van der Waals surface area contributed by atoms with Gasteiger partial charge in [0, 0.05) is 18.0 Å². The molecule has 1 N–H and O–H groups in total. The Bertz CT molecular complexity index is 1000. The van der Waals surface area contributed by atoms with E-state index in [1.165, 1.54) is 22.5 Å². The van der Waals surface area contributed by atoms with E-state index in [2.05, 4.69) is 54.8 Å². The number of hydrogen-bond donors (Lipinski definition) is 1. The zero-order valence-corrected chi connectivity index (χ0v) is 18.7. The lowest BCUT2D eigenvalue weighted by Gasteiger charge is -2.26. The number of carboxylic acid groups (broad SMARTS) is 1. The minimum atomic E-state index is -1.36. The summed E-state index contributed by atoms with van der Waals surface area (Å²) in [5.41, 5.74) is 4.01. The van der Waals surface area contributed by atoms with Crippen LogP contribution in [0.3, 0.4) is 0 Å². The summed E-state index contributed by atoms with van der Waals surface area (Å²) in [4.78, 5) is 11.8. The minimum absolute atomic E-state index is 0.389. The van der Waals surface area contributed by atoms with E-state index in [-0.39, 0.29) is 0 Å². The lowest BCUT2D eigenvalue weighted by atomic mass is 9.96. The Morgan fingerprint density at radius 3 is 2.26 bits per heavy atom. The normalized spacial score (nSPS) is 13.0. The molecule has 0 spiro atoms. The largest absolute Gasteiger partial charge is 0.492 e. The third-order valence-corrected chi connectivity index (χ3v) is 5.54. The molecule has 1 heterocycles. The Hall–Kier alpha value is -3.05. The van der Waals surface area contributed by atoms with Gasteiger partial charge in [0.1, 0.15) is 12.4 Å². The van der Waals surface area contributed by atoms with Crippen LogP contribution in [0.4, 0.5) is 0 Å². The third-order valence-electron chi connectivity index (χ3n) is 5.54. The highest BCUT2D eigenvalue weighted by atomic mass is 16.5. The highest BCUT2D eigenvalue weighted by Gasteiger charge is 2.36.